The topological polar surface area (TPSA) is 85.8 Å². The highest BCUT2D eigenvalue weighted by Crippen LogP contribution is 2.31. The van der Waals surface area contributed by atoms with Crippen LogP contribution in [0.5, 0.6) is 0 Å². The molecular formula is C28H24ClN5O. The summed E-state index contributed by atoms with van der Waals surface area (Å²) in [4.78, 5) is 22.4. The molecule has 1 atom stereocenters. The second-order valence-electron chi connectivity index (χ2n) is 8.47. The van der Waals surface area contributed by atoms with E-state index in [1.165, 1.54) is 0 Å². The summed E-state index contributed by atoms with van der Waals surface area (Å²) in [6, 6.07) is 24.8. The summed E-state index contributed by atoms with van der Waals surface area (Å²) < 4.78 is 1.70. The van der Waals surface area contributed by atoms with E-state index in [9.17, 15) is 4.79 Å². The molecule has 2 aromatic heterocycles. The number of aryl methyl sites for hydroxylation is 1. The molecule has 5 aromatic rings. The van der Waals surface area contributed by atoms with Gasteiger partial charge in [-0.2, -0.15) is 4.98 Å². The molecule has 35 heavy (non-hydrogen) atoms. The Bertz CT molecular complexity index is 1580. The normalized spacial score (nSPS) is 12.0. The third-order valence-corrected chi connectivity index (χ3v) is 6.32. The van der Waals surface area contributed by atoms with Gasteiger partial charge < -0.3 is 11.1 Å². The number of para-hydroxylation sites is 1. The van der Waals surface area contributed by atoms with Crippen molar-refractivity contribution < 1.29 is 0 Å². The minimum atomic E-state index is -0.301. The van der Waals surface area contributed by atoms with Crippen molar-refractivity contribution in [3.05, 3.63) is 112 Å². The first kappa shape index (κ1) is 22.6. The molecule has 3 aromatic carbocycles. The van der Waals surface area contributed by atoms with Crippen LogP contribution in [0.3, 0.4) is 0 Å². The summed E-state index contributed by atoms with van der Waals surface area (Å²) in [7, 11) is 0. The first-order chi connectivity index (χ1) is 16.9. The maximum absolute atomic E-state index is 13.7. The van der Waals surface area contributed by atoms with Crippen LogP contribution in [0.4, 0.5) is 11.8 Å². The second kappa shape index (κ2) is 9.24. The van der Waals surface area contributed by atoms with Crippen molar-refractivity contribution in [3.63, 3.8) is 0 Å². The van der Waals surface area contributed by atoms with E-state index in [4.69, 9.17) is 17.3 Å². The Kier molecular flexibility index (Phi) is 5.97. The van der Waals surface area contributed by atoms with E-state index in [1.807, 2.05) is 86.6 Å². The number of aromatic nitrogens is 3. The molecule has 0 saturated carbocycles. The number of nitrogens with zero attached hydrogens (tertiary/aromatic N) is 3. The predicted octanol–water partition coefficient (Wildman–Crippen LogP) is 6.16. The molecule has 6 nitrogen and oxygen atoms in total. The molecular weight excluding hydrogens is 458 g/mol. The van der Waals surface area contributed by atoms with Gasteiger partial charge in [-0.3, -0.25) is 9.36 Å². The molecule has 0 radical (unpaired) electrons. The number of rotatable bonds is 5. The van der Waals surface area contributed by atoms with Gasteiger partial charge in [0.15, 0.2) is 0 Å². The highest BCUT2D eigenvalue weighted by Gasteiger charge is 2.19. The van der Waals surface area contributed by atoms with E-state index >= 15 is 0 Å². The van der Waals surface area contributed by atoms with Gasteiger partial charge in [0.25, 0.3) is 5.56 Å². The standard InChI is InChI=1S/C28H24ClN5O/c1-17-11-13-19(14-12-17)22-16-31-28(30)33-26(22)32-18(2)24-15-20-7-6-10-23(29)25(20)27(35)34(24)21-8-4-3-5-9-21/h3-16,18H,1-2H3,(H3,30,31,32,33)/t18-/m0/s1. The summed E-state index contributed by atoms with van der Waals surface area (Å²) in [5, 5.41) is 5.16. The summed E-state index contributed by atoms with van der Waals surface area (Å²) in [5.74, 6) is 0.758. The molecule has 7 heteroatoms. The van der Waals surface area contributed by atoms with Crippen LogP contribution in [0.25, 0.3) is 27.6 Å². The largest absolute Gasteiger partial charge is 0.368 e. The first-order valence-electron chi connectivity index (χ1n) is 11.3. The molecule has 0 unspecified atom stereocenters. The van der Waals surface area contributed by atoms with Crippen LogP contribution in [0.2, 0.25) is 5.02 Å². The van der Waals surface area contributed by atoms with E-state index in [0.29, 0.717) is 16.2 Å². The van der Waals surface area contributed by atoms with Crippen LogP contribution in [0, 0.1) is 6.92 Å². The van der Waals surface area contributed by atoms with Gasteiger partial charge in [-0.15, -0.1) is 0 Å². The van der Waals surface area contributed by atoms with Crippen molar-refractivity contribution in [1.29, 1.82) is 0 Å². The molecule has 0 spiro atoms. The van der Waals surface area contributed by atoms with Gasteiger partial charge in [0.2, 0.25) is 5.95 Å². The molecule has 0 bridgehead atoms. The van der Waals surface area contributed by atoms with Crippen molar-refractivity contribution in [1.82, 2.24) is 14.5 Å². The lowest BCUT2D eigenvalue weighted by atomic mass is 10.0. The van der Waals surface area contributed by atoms with Crippen LogP contribution < -0.4 is 16.6 Å². The number of nitrogens with one attached hydrogen (secondary N) is 1. The average Bonchev–Trinajstić information content (AvgIpc) is 2.85. The number of nitrogens with two attached hydrogens (primary N) is 1. The monoisotopic (exact) mass is 481 g/mol. The van der Waals surface area contributed by atoms with Crippen LogP contribution in [0.1, 0.15) is 24.2 Å². The molecule has 3 N–H and O–H groups in total. The molecule has 5 rings (SSSR count). The number of fused-ring (bicyclic) bond motifs is 1. The van der Waals surface area contributed by atoms with Crippen molar-refractivity contribution in [2.24, 2.45) is 0 Å². The quantitative estimate of drug-likeness (QED) is 0.313. The fourth-order valence-electron chi connectivity index (χ4n) is 4.23. The van der Waals surface area contributed by atoms with Crippen molar-refractivity contribution in [3.8, 4) is 16.8 Å². The highest BCUT2D eigenvalue weighted by molar-refractivity contribution is 6.35. The SMILES string of the molecule is Cc1ccc(-c2cnc(N)nc2N[C@@H](C)c2cc3cccc(Cl)c3c(=O)n2-c2ccccc2)cc1. The zero-order valence-electron chi connectivity index (χ0n) is 19.4. The lowest BCUT2D eigenvalue weighted by Gasteiger charge is -2.22. The lowest BCUT2D eigenvalue weighted by molar-refractivity contribution is 0.773. The lowest BCUT2D eigenvalue weighted by Crippen LogP contribution is -2.26. The molecule has 0 aliphatic carbocycles. The summed E-state index contributed by atoms with van der Waals surface area (Å²) in [6.45, 7) is 4.03. The van der Waals surface area contributed by atoms with Gasteiger partial charge in [0.1, 0.15) is 5.82 Å². The number of pyridine rings is 1. The Morgan fingerprint density at radius 1 is 1.00 bits per heavy atom. The molecule has 174 valence electrons. The second-order valence-corrected chi connectivity index (χ2v) is 8.88. The summed E-state index contributed by atoms with van der Waals surface area (Å²) in [5.41, 5.74) is 10.2. The number of anilines is 2. The predicted molar refractivity (Wildman–Crippen MR) is 143 cm³/mol. The fourth-order valence-corrected chi connectivity index (χ4v) is 4.49. The Hall–Kier alpha value is -4.16. The first-order valence-corrected chi connectivity index (χ1v) is 11.7. The van der Waals surface area contributed by atoms with Gasteiger partial charge in [0, 0.05) is 23.1 Å². The van der Waals surface area contributed by atoms with Gasteiger partial charge in [-0.05, 0) is 49.1 Å². The van der Waals surface area contributed by atoms with Crippen molar-refractivity contribution >= 4 is 34.1 Å². The van der Waals surface area contributed by atoms with Crippen LogP contribution in [-0.2, 0) is 0 Å². The zero-order chi connectivity index (χ0) is 24.5. The summed E-state index contributed by atoms with van der Waals surface area (Å²) in [6.07, 6.45) is 1.71. The number of benzene rings is 3. The highest BCUT2D eigenvalue weighted by atomic mass is 35.5. The van der Waals surface area contributed by atoms with Gasteiger partial charge >= 0.3 is 0 Å². The van der Waals surface area contributed by atoms with Crippen LogP contribution in [0.15, 0.2) is 89.9 Å². The maximum atomic E-state index is 13.7. The molecule has 0 aliphatic heterocycles. The van der Waals surface area contributed by atoms with E-state index in [-0.39, 0.29) is 17.5 Å². The van der Waals surface area contributed by atoms with Gasteiger partial charge in [-0.25, -0.2) is 4.98 Å². The minimum absolute atomic E-state index is 0.168. The van der Waals surface area contributed by atoms with Crippen molar-refractivity contribution in [2.75, 3.05) is 11.1 Å². The molecule has 0 amide bonds. The number of hydrogen-bond acceptors (Lipinski definition) is 5. The van der Waals surface area contributed by atoms with Crippen LogP contribution in [-0.4, -0.2) is 14.5 Å². The molecule has 0 saturated heterocycles. The minimum Gasteiger partial charge on any atom is -0.368 e. The molecule has 0 fully saturated rings. The number of hydrogen-bond donors (Lipinski definition) is 2. The third-order valence-electron chi connectivity index (χ3n) is 6.01. The van der Waals surface area contributed by atoms with E-state index in [0.717, 1.165) is 33.5 Å². The smallest absolute Gasteiger partial charge is 0.264 e. The maximum Gasteiger partial charge on any atom is 0.264 e. The molecule has 0 aliphatic rings. The Balaban J connectivity index is 1.66. The van der Waals surface area contributed by atoms with Gasteiger partial charge in [0.05, 0.1) is 16.5 Å². The number of halogens is 1. The van der Waals surface area contributed by atoms with E-state index in [1.54, 1.807) is 16.8 Å². The van der Waals surface area contributed by atoms with Crippen molar-refractivity contribution in [2.45, 2.75) is 19.9 Å². The van der Waals surface area contributed by atoms with Gasteiger partial charge in [-0.1, -0.05) is 71.8 Å². The average molecular weight is 482 g/mol. The Labute approximate surface area is 208 Å². The zero-order valence-corrected chi connectivity index (χ0v) is 20.1. The Morgan fingerprint density at radius 3 is 2.49 bits per heavy atom. The number of nitrogen functional groups attached to an aromatic ring is 1. The fraction of sp³-hybridized carbons (Fsp3) is 0.107. The van der Waals surface area contributed by atoms with E-state index < -0.39 is 0 Å². The van der Waals surface area contributed by atoms with E-state index in [2.05, 4.69) is 15.3 Å². The molecule has 2 heterocycles. The third kappa shape index (κ3) is 4.36. The van der Waals surface area contributed by atoms with Crippen LogP contribution >= 0.6 is 11.6 Å². The Morgan fingerprint density at radius 2 is 1.74 bits per heavy atom. The summed E-state index contributed by atoms with van der Waals surface area (Å²) >= 11 is 6.44.